The molecule has 106 valence electrons. The molecule has 20 heavy (non-hydrogen) atoms. The van der Waals surface area contributed by atoms with Gasteiger partial charge in [0.2, 0.25) is 0 Å². The van der Waals surface area contributed by atoms with Gasteiger partial charge >= 0.3 is 0 Å². The molecule has 0 saturated heterocycles. The third-order valence-corrected chi connectivity index (χ3v) is 3.28. The molecule has 0 spiro atoms. The molecule has 0 unspecified atom stereocenters. The summed E-state index contributed by atoms with van der Waals surface area (Å²) in [4.78, 5) is 0. The van der Waals surface area contributed by atoms with Gasteiger partial charge in [0.25, 0.3) is 0 Å². The first-order valence-corrected chi connectivity index (χ1v) is 6.72. The molecule has 0 bridgehead atoms. The van der Waals surface area contributed by atoms with Crippen LogP contribution in [0.15, 0.2) is 36.4 Å². The normalized spacial score (nSPS) is 10.6. The largest absolute Gasteiger partial charge is 0.489 e. The van der Waals surface area contributed by atoms with Crippen molar-refractivity contribution in [1.82, 2.24) is 5.32 Å². The lowest BCUT2D eigenvalue weighted by atomic mass is 10.1. The van der Waals surface area contributed by atoms with Crippen LogP contribution in [0.5, 0.6) is 5.75 Å². The molecule has 0 aromatic heterocycles. The third kappa shape index (κ3) is 3.58. The van der Waals surface area contributed by atoms with Gasteiger partial charge in [0.05, 0.1) is 0 Å². The van der Waals surface area contributed by atoms with Crippen LogP contribution >= 0.6 is 0 Å². The maximum absolute atomic E-state index is 13.3. The maximum Gasteiger partial charge on any atom is 0.124 e. The van der Waals surface area contributed by atoms with Gasteiger partial charge in [-0.1, -0.05) is 23.8 Å². The summed E-state index contributed by atoms with van der Waals surface area (Å²) < 4.78 is 19.1. The Hall–Kier alpha value is -1.87. The Kier molecular flexibility index (Phi) is 4.74. The fourth-order valence-electron chi connectivity index (χ4n) is 2.13. The standard InChI is InChI=1S/C17H20FNO/c1-12-4-5-13(2)15(8-12)11-20-17-7-6-16(18)9-14(17)10-19-3/h4-9,19H,10-11H2,1-3H3. The molecule has 0 amide bonds. The third-order valence-electron chi connectivity index (χ3n) is 3.28. The lowest BCUT2D eigenvalue weighted by Gasteiger charge is -2.13. The number of aryl methyl sites for hydroxylation is 2. The number of nitrogens with one attached hydrogen (secondary N) is 1. The smallest absolute Gasteiger partial charge is 0.124 e. The topological polar surface area (TPSA) is 21.3 Å². The molecule has 1 N–H and O–H groups in total. The van der Waals surface area contributed by atoms with Crippen molar-refractivity contribution < 1.29 is 9.13 Å². The highest BCUT2D eigenvalue weighted by Gasteiger charge is 2.06. The van der Waals surface area contributed by atoms with Crippen LogP contribution in [0.25, 0.3) is 0 Å². The minimum absolute atomic E-state index is 0.241. The second-order valence-corrected chi connectivity index (χ2v) is 5.00. The molecule has 0 atom stereocenters. The molecule has 0 aliphatic heterocycles. The van der Waals surface area contributed by atoms with E-state index < -0.39 is 0 Å². The summed E-state index contributed by atoms with van der Waals surface area (Å²) >= 11 is 0. The van der Waals surface area contributed by atoms with Crippen molar-refractivity contribution in [2.45, 2.75) is 27.0 Å². The van der Waals surface area contributed by atoms with Crippen molar-refractivity contribution in [2.24, 2.45) is 0 Å². The monoisotopic (exact) mass is 273 g/mol. The van der Waals surface area contributed by atoms with E-state index in [2.05, 4.69) is 37.4 Å². The molecule has 0 saturated carbocycles. The van der Waals surface area contributed by atoms with Gasteiger partial charge in [0.1, 0.15) is 18.2 Å². The number of ether oxygens (including phenoxy) is 1. The predicted octanol–water partition coefficient (Wildman–Crippen LogP) is 3.74. The molecule has 0 heterocycles. The summed E-state index contributed by atoms with van der Waals surface area (Å²) in [6, 6.07) is 10.9. The lowest BCUT2D eigenvalue weighted by Crippen LogP contribution is -2.08. The molecule has 0 fully saturated rings. The van der Waals surface area contributed by atoms with Crippen molar-refractivity contribution in [3.05, 3.63) is 64.5 Å². The molecular weight excluding hydrogens is 253 g/mol. The number of hydrogen-bond acceptors (Lipinski definition) is 2. The average Bonchev–Trinajstić information content (AvgIpc) is 2.42. The highest BCUT2D eigenvalue weighted by Crippen LogP contribution is 2.22. The Morgan fingerprint density at radius 3 is 2.60 bits per heavy atom. The van der Waals surface area contributed by atoms with Crippen LogP contribution in [0.2, 0.25) is 0 Å². The van der Waals surface area contributed by atoms with Gasteiger partial charge in [0.15, 0.2) is 0 Å². The summed E-state index contributed by atoms with van der Waals surface area (Å²) in [5, 5.41) is 3.02. The van der Waals surface area contributed by atoms with E-state index in [1.807, 2.05) is 7.05 Å². The second kappa shape index (κ2) is 6.53. The molecule has 3 heteroatoms. The van der Waals surface area contributed by atoms with E-state index in [0.717, 1.165) is 16.9 Å². The second-order valence-electron chi connectivity index (χ2n) is 5.00. The van der Waals surface area contributed by atoms with Gasteiger partial charge < -0.3 is 10.1 Å². The van der Waals surface area contributed by atoms with Crippen molar-refractivity contribution in [1.29, 1.82) is 0 Å². The zero-order valence-corrected chi connectivity index (χ0v) is 12.2. The summed E-state index contributed by atoms with van der Waals surface area (Å²) in [7, 11) is 1.83. The van der Waals surface area contributed by atoms with Crippen LogP contribution in [0.1, 0.15) is 22.3 Å². The van der Waals surface area contributed by atoms with Crippen LogP contribution in [0.3, 0.4) is 0 Å². The fourth-order valence-corrected chi connectivity index (χ4v) is 2.13. The van der Waals surface area contributed by atoms with Crippen molar-refractivity contribution in [3.8, 4) is 5.75 Å². The van der Waals surface area contributed by atoms with Gasteiger partial charge in [0, 0.05) is 12.1 Å². The number of hydrogen-bond donors (Lipinski definition) is 1. The number of rotatable bonds is 5. The Morgan fingerprint density at radius 2 is 1.85 bits per heavy atom. The summed E-state index contributed by atoms with van der Waals surface area (Å²) in [6.07, 6.45) is 0. The van der Waals surface area contributed by atoms with Crippen LogP contribution < -0.4 is 10.1 Å². The molecular formula is C17H20FNO. The van der Waals surface area contributed by atoms with Crippen molar-refractivity contribution in [2.75, 3.05) is 7.05 Å². The maximum atomic E-state index is 13.3. The predicted molar refractivity (Wildman–Crippen MR) is 79.4 cm³/mol. The van der Waals surface area contributed by atoms with E-state index in [1.54, 1.807) is 6.07 Å². The zero-order valence-electron chi connectivity index (χ0n) is 12.2. The van der Waals surface area contributed by atoms with E-state index >= 15 is 0 Å². The molecule has 2 aromatic rings. The number of benzene rings is 2. The van der Waals surface area contributed by atoms with Crippen LogP contribution in [-0.2, 0) is 13.2 Å². The quantitative estimate of drug-likeness (QED) is 0.896. The van der Waals surface area contributed by atoms with E-state index in [4.69, 9.17) is 4.74 Å². The van der Waals surface area contributed by atoms with Gasteiger partial charge in [-0.2, -0.15) is 0 Å². The van der Waals surface area contributed by atoms with Crippen molar-refractivity contribution >= 4 is 0 Å². The highest BCUT2D eigenvalue weighted by atomic mass is 19.1. The first-order chi connectivity index (χ1) is 9.60. The molecule has 0 aliphatic carbocycles. The van der Waals surface area contributed by atoms with Crippen LogP contribution in [-0.4, -0.2) is 7.05 Å². The van der Waals surface area contributed by atoms with Gasteiger partial charge in [-0.3, -0.25) is 0 Å². The zero-order chi connectivity index (χ0) is 14.5. The van der Waals surface area contributed by atoms with E-state index in [1.165, 1.54) is 23.3 Å². The fraction of sp³-hybridized carbons (Fsp3) is 0.294. The minimum atomic E-state index is -0.241. The summed E-state index contributed by atoms with van der Waals surface area (Å²) in [6.45, 7) is 5.21. The van der Waals surface area contributed by atoms with Gasteiger partial charge in [-0.05, 0) is 50.2 Å². The van der Waals surface area contributed by atoms with Crippen LogP contribution in [0, 0.1) is 19.7 Å². The Bertz CT molecular complexity index is 596. The van der Waals surface area contributed by atoms with Gasteiger partial charge in [-0.15, -0.1) is 0 Å². The van der Waals surface area contributed by atoms with Crippen LogP contribution in [0.4, 0.5) is 4.39 Å². The lowest BCUT2D eigenvalue weighted by molar-refractivity contribution is 0.301. The summed E-state index contributed by atoms with van der Waals surface area (Å²) in [5.41, 5.74) is 4.40. The molecule has 2 nitrogen and oxygen atoms in total. The highest BCUT2D eigenvalue weighted by molar-refractivity contribution is 5.35. The Balaban J connectivity index is 2.16. The van der Waals surface area contributed by atoms with Crippen molar-refractivity contribution in [3.63, 3.8) is 0 Å². The number of halogens is 1. The van der Waals surface area contributed by atoms with E-state index in [0.29, 0.717) is 13.2 Å². The Labute approximate surface area is 119 Å². The molecule has 2 aromatic carbocycles. The Morgan fingerprint density at radius 1 is 1.05 bits per heavy atom. The summed E-state index contributed by atoms with van der Waals surface area (Å²) in [5.74, 6) is 0.482. The first kappa shape index (κ1) is 14.5. The van der Waals surface area contributed by atoms with E-state index in [-0.39, 0.29) is 5.82 Å². The SMILES string of the molecule is CNCc1cc(F)ccc1OCc1cc(C)ccc1C. The average molecular weight is 273 g/mol. The van der Waals surface area contributed by atoms with Gasteiger partial charge in [-0.25, -0.2) is 4.39 Å². The molecule has 0 aliphatic rings. The minimum Gasteiger partial charge on any atom is -0.489 e. The van der Waals surface area contributed by atoms with E-state index in [9.17, 15) is 4.39 Å². The molecule has 0 radical (unpaired) electrons. The molecule has 2 rings (SSSR count). The first-order valence-electron chi connectivity index (χ1n) is 6.72.